The van der Waals surface area contributed by atoms with Crippen LogP contribution in [-0.4, -0.2) is 58.1 Å². The number of urea groups is 1. The van der Waals surface area contributed by atoms with E-state index in [4.69, 9.17) is 4.99 Å². The van der Waals surface area contributed by atoms with E-state index in [0.29, 0.717) is 54.5 Å². The van der Waals surface area contributed by atoms with Crippen LogP contribution in [0.3, 0.4) is 0 Å². The molecule has 0 aromatic carbocycles. The zero-order chi connectivity index (χ0) is 26.1. The number of alkyl halides is 1. The molecule has 0 bridgehead atoms. The fourth-order valence-electron chi connectivity index (χ4n) is 5.68. The van der Waals surface area contributed by atoms with Crippen molar-refractivity contribution in [2.45, 2.75) is 70.6 Å². The number of aliphatic imine (C=N–C) groups is 1. The second-order valence-corrected chi connectivity index (χ2v) is 10.4. The molecule has 10 heteroatoms. The number of halogens is 3. The number of hydrogen-bond acceptors (Lipinski definition) is 3. The second-order valence-electron chi connectivity index (χ2n) is 10.4. The predicted molar refractivity (Wildman–Crippen MR) is 138 cm³/mol. The summed E-state index contributed by atoms with van der Waals surface area (Å²) in [5, 5.41) is 6.88. The van der Waals surface area contributed by atoms with E-state index in [1.165, 1.54) is 17.0 Å². The molecule has 4 unspecified atom stereocenters. The Labute approximate surface area is 214 Å². The number of fused-ring (bicyclic) bond motifs is 1. The number of aromatic nitrogens is 2. The first-order valence-corrected chi connectivity index (χ1v) is 13.1. The summed E-state index contributed by atoms with van der Waals surface area (Å²) in [7, 11) is 0. The number of H-pyrrole nitrogens is 1. The molecule has 7 nitrogen and oxygen atoms in total. The van der Waals surface area contributed by atoms with Crippen LogP contribution >= 0.6 is 0 Å². The molecular weight excluding hydrogens is 481 g/mol. The molecule has 4 heterocycles. The largest absolute Gasteiger partial charge is 0.345 e. The van der Waals surface area contributed by atoms with Gasteiger partial charge in [0.15, 0.2) is 11.7 Å². The molecule has 2 aromatic heterocycles. The van der Waals surface area contributed by atoms with E-state index in [2.05, 4.69) is 27.5 Å². The molecular formula is C27H33F3N6O. The van der Waals surface area contributed by atoms with E-state index in [1.54, 1.807) is 6.20 Å². The zero-order valence-electron chi connectivity index (χ0n) is 21.2. The Hall–Kier alpha value is -3.30. The number of hydrogen-bond donors (Lipinski definition) is 3. The summed E-state index contributed by atoms with van der Waals surface area (Å²) in [4.78, 5) is 26.1. The molecule has 2 aliphatic heterocycles. The molecule has 2 amide bonds. The Morgan fingerprint density at radius 1 is 1.30 bits per heavy atom. The van der Waals surface area contributed by atoms with Gasteiger partial charge < -0.3 is 20.5 Å². The number of pyridine rings is 1. The van der Waals surface area contributed by atoms with Gasteiger partial charge in [0.2, 0.25) is 0 Å². The monoisotopic (exact) mass is 514 g/mol. The average Bonchev–Trinajstić information content (AvgIpc) is 3.44. The van der Waals surface area contributed by atoms with Crippen molar-refractivity contribution in [3.05, 3.63) is 47.3 Å². The van der Waals surface area contributed by atoms with Crippen molar-refractivity contribution in [2.75, 3.05) is 13.1 Å². The molecule has 3 N–H and O–H groups in total. The smallest absolute Gasteiger partial charge is 0.317 e. The standard InChI is InChI=1S/C27H33F3N6O/c1-3-16-4-5-23(30)26(35-24(16)22-13-32-25-21(22)10-18(29)12-31-25)33-19-8-15(2)9-20(11-19)34-27(37)36-7-6-17(28)14-36/h5,10,12-13,15,17,19-20H,3-4,6-9,11,14H2,1-2H3,(H,31,32)(H,33,35)(H,34,37). The molecule has 198 valence electrons. The van der Waals surface area contributed by atoms with Gasteiger partial charge in [0.05, 0.1) is 18.8 Å². The molecule has 1 saturated carbocycles. The fourth-order valence-corrected chi connectivity index (χ4v) is 5.68. The highest BCUT2D eigenvalue weighted by molar-refractivity contribution is 6.05. The minimum absolute atomic E-state index is 0.119. The van der Waals surface area contributed by atoms with Crippen molar-refractivity contribution in [3.8, 4) is 0 Å². The summed E-state index contributed by atoms with van der Waals surface area (Å²) in [5.74, 6) is -0.460. The number of rotatable bonds is 4. The number of aromatic amines is 1. The maximum Gasteiger partial charge on any atom is 0.317 e. The van der Waals surface area contributed by atoms with Crippen LogP contribution in [0.4, 0.5) is 18.0 Å². The SMILES string of the molecule is CCC1=C(c2c[nH]c3ncc(F)cc23)NC(=NC2CC(C)CC(NC(=O)N3CCC(F)C3)C2)C(F)=CC1. The van der Waals surface area contributed by atoms with E-state index in [0.717, 1.165) is 24.6 Å². The highest BCUT2D eigenvalue weighted by Crippen LogP contribution is 2.32. The minimum atomic E-state index is -0.967. The molecule has 1 saturated heterocycles. The normalized spacial score (nSPS) is 27.9. The van der Waals surface area contributed by atoms with Gasteiger partial charge in [-0.05, 0) is 62.2 Å². The number of carbonyl (C=O) groups excluding carboxylic acids is 1. The quantitative estimate of drug-likeness (QED) is 0.512. The maximum atomic E-state index is 15.3. The van der Waals surface area contributed by atoms with Crippen LogP contribution in [0.15, 0.2) is 40.9 Å². The molecule has 0 radical (unpaired) electrons. The number of nitrogens with zero attached hydrogens (tertiary/aromatic N) is 3. The van der Waals surface area contributed by atoms with Crippen molar-refractivity contribution < 1.29 is 18.0 Å². The van der Waals surface area contributed by atoms with Crippen molar-refractivity contribution >= 4 is 28.6 Å². The van der Waals surface area contributed by atoms with Gasteiger partial charge in [0, 0.05) is 35.4 Å². The van der Waals surface area contributed by atoms with Gasteiger partial charge in [0.25, 0.3) is 0 Å². The van der Waals surface area contributed by atoms with Gasteiger partial charge in [-0.3, -0.25) is 4.99 Å². The fraction of sp³-hybridized carbons (Fsp3) is 0.519. The highest BCUT2D eigenvalue weighted by atomic mass is 19.1. The molecule has 37 heavy (non-hydrogen) atoms. The van der Waals surface area contributed by atoms with Crippen molar-refractivity contribution in [1.82, 2.24) is 25.5 Å². The Bertz CT molecular complexity index is 1270. The van der Waals surface area contributed by atoms with Crippen molar-refractivity contribution in [3.63, 3.8) is 0 Å². The number of carbonyl (C=O) groups is 1. The first kappa shape index (κ1) is 25.4. The van der Waals surface area contributed by atoms with Gasteiger partial charge in [0.1, 0.15) is 17.6 Å². The lowest BCUT2D eigenvalue weighted by atomic mass is 9.84. The maximum absolute atomic E-state index is 15.3. The van der Waals surface area contributed by atoms with Gasteiger partial charge in [-0.25, -0.2) is 22.9 Å². The van der Waals surface area contributed by atoms with Crippen LogP contribution in [0.25, 0.3) is 16.7 Å². The summed E-state index contributed by atoms with van der Waals surface area (Å²) in [6.07, 6.45) is 7.07. The molecule has 2 fully saturated rings. The van der Waals surface area contributed by atoms with Gasteiger partial charge >= 0.3 is 6.03 Å². The molecule has 4 atom stereocenters. The van der Waals surface area contributed by atoms with Gasteiger partial charge in [-0.2, -0.15) is 0 Å². The third-order valence-electron chi connectivity index (χ3n) is 7.52. The predicted octanol–water partition coefficient (Wildman–Crippen LogP) is 5.38. The van der Waals surface area contributed by atoms with E-state index >= 15 is 4.39 Å². The molecule has 5 rings (SSSR count). The lowest BCUT2D eigenvalue weighted by Gasteiger charge is -2.33. The first-order chi connectivity index (χ1) is 17.8. The molecule has 1 aliphatic carbocycles. The van der Waals surface area contributed by atoms with Gasteiger partial charge in [-0.1, -0.05) is 13.8 Å². The summed E-state index contributed by atoms with van der Waals surface area (Å²) < 4.78 is 42.8. The highest BCUT2D eigenvalue weighted by Gasteiger charge is 2.32. The second kappa shape index (κ2) is 10.6. The number of amides is 2. The lowest BCUT2D eigenvalue weighted by molar-refractivity contribution is 0.190. The van der Waals surface area contributed by atoms with E-state index in [-0.39, 0.29) is 36.4 Å². The van der Waals surface area contributed by atoms with Crippen molar-refractivity contribution in [2.24, 2.45) is 10.9 Å². The number of amidine groups is 1. The van der Waals surface area contributed by atoms with Crippen molar-refractivity contribution in [1.29, 1.82) is 0 Å². The topological polar surface area (TPSA) is 85.4 Å². The Balaban J connectivity index is 1.38. The zero-order valence-corrected chi connectivity index (χ0v) is 21.2. The van der Waals surface area contributed by atoms with Crippen LogP contribution in [0.1, 0.15) is 57.9 Å². The van der Waals surface area contributed by atoms with Crippen LogP contribution in [0.2, 0.25) is 0 Å². The molecule has 2 aromatic rings. The summed E-state index contributed by atoms with van der Waals surface area (Å²) in [6, 6.07) is 0.853. The Kier molecular flexibility index (Phi) is 7.26. The Morgan fingerprint density at radius 3 is 2.89 bits per heavy atom. The lowest BCUT2D eigenvalue weighted by Crippen LogP contribution is -2.47. The van der Waals surface area contributed by atoms with E-state index in [9.17, 15) is 13.6 Å². The Morgan fingerprint density at radius 2 is 2.14 bits per heavy atom. The summed E-state index contributed by atoms with van der Waals surface area (Å²) in [6.45, 7) is 4.64. The third-order valence-corrected chi connectivity index (χ3v) is 7.52. The van der Waals surface area contributed by atoms with Crippen LogP contribution in [-0.2, 0) is 0 Å². The van der Waals surface area contributed by atoms with E-state index < -0.39 is 17.8 Å². The van der Waals surface area contributed by atoms with Crippen LogP contribution in [0, 0.1) is 11.7 Å². The third kappa shape index (κ3) is 5.52. The summed E-state index contributed by atoms with van der Waals surface area (Å²) >= 11 is 0. The minimum Gasteiger partial charge on any atom is -0.345 e. The van der Waals surface area contributed by atoms with Crippen LogP contribution < -0.4 is 10.6 Å². The molecule has 0 spiro atoms. The average molecular weight is 515 g/mol. The van der Waals surface area contributed by atoms with Gasteiger partial charge in [-0.15, -0.1) is 0 Å². The number of nitrogens with one attached hydrogen (secondary N) is 3. The summed E-state index contributed by atoms with van der Waals surface area (Å²) in [5.41, 5.74) is 2.94. The molecule has 3 aliphatic rings. The first-order valence-electron chi connectivity index (χ1n) is 13.1. The van der Waals surface area contributed by atoms with E-state index in [1.807, 2.05) is 6.92 Å². The number of likely N-dealkylation sites (tertiary alicyclic amines) is 1. The van der Waals surface area contributed by atoms with Crippen LogP contribution in [0.5, 0.6) is 0 Å². The number of allylic oxidation sites excluding steroid dienone is 2.